The van der Waals surface area contributed by atoms with Crippen LogP contribution in [-0.2, 0) is 11.3 Å². The van der Waals surface area contributed by atoms with E-state index in [0.717, 1.165) is 10.3 Å². The van der Waals surface area contributed by atoms with Gasteiger partial charge in [-0.15, -0.1) is 0 Å². The number of thioether (sulfide) groups is 1. The number of nitrogens with zero attached hydrogens (tertiary/aromatic N) is 1. The van der Waals surface area contributed by atoms with Gasteiger partial charge in [0.2, 0.25) is 5.91 Å². The normalized spacial score (nSPS) is 10.2. The standard InChI is InChI=1S/C17H20N2O5S/c1-22-13-9-15(24-3)14(23-2)8-12(13)10-18-16(20)11-25-17-6-4-5-7-19(17)21/h4-9H,10-11H2,1-3H3,(H,18,20). The molecule has 0 bridgehead atoms. The monoisotopic (exact) mass is 364 g/mol. The number of ether oxygens (including phenoxy) is 3. The van der Waals surface area contributed by atoms with E-state index in [-0.39, 0.29) is 18.2 Å². The van der Waals surface area contributed by atoms with Crippen molar-refractivity contribution in [3.63, 3.8) is 0 Å². The highest BCUT2D eigenvalue weighted by atomic mass is 32.2. The molecule has 2 aromatic rings. The topological polar surface area (TPSA) is 83.7 Å². The molecule has 8 heteroatoms. The molecule has 0 spiro atoms. The summed E-state index contributed by atoms with van der Waals surface area (Å²) in [6.07, 6.45) is 1.40. The largest absolute Gasteiger partial charge is 0.618 e. The third-order valence-electron chi connectivity index (χ3n) is 3.40. The van der Waals surface area contributed by atoms with Gasteiger partial charge in [0, 0.05) is 30.3 Å². The fourth-order valence-corrected chi connectivity index (χ4v) is 2.88. The van der Waals surface area contributed by atoms with Gasteiger partial charge in [-0.25, -0.2) is 0 Å². The first-order chi connectivity index (χ1) is 12.1. The van der Waals surface area contributed by atoms with E-state index in [2.05, 4.69) is 5.32 Å². The summed E-state index contributed by atoms with van der Waals surface area (Å²) in [4.78, 5) is 12.0. The Morgan fingerprint density at radius 3 is 2.44 bits per heavy atom. The Labute approximate surface area is 150 Å². The molecule has 134 valence electrons. The van der Waals surface area contributed by atoms with E-state index in [9.17, 15) is 10.0 Å². The van der Waals surface area contributed by atoms with Crippen molar-refractivity contribution in [3.8, 4) is 17.2 Å². The van der Waals surface area contributed by atoms with Crippen molar-refractivity contribution in [1.82, 2.24) is 5.32 Å². The predicted octanol–water partition coefficient (Wildman–Crippen LogP) is 1.75. The van der Waals surface area contributed by atoms with E-state index in [0.29, 0.717) is 22.3 Å². The summed E-state index contributed by atoms with van der Waals surface area (Å²) in [5.74, 6) is 1.64. The number of hydrogen-bond acceptors (Lipinski definition) is 6. The second-order valence-corrected chi connectivity index (χ2v) is 5.94. The molecule has 0 aliphatic heterocycles. The van der Waals surface area contributed by atoms with Gasteiger partial charge in [-0.2, -0.15) is 4.73 Å². The Hall–Kier alpha value is -2.61. The smallest absolute Gasteiger partial charge is 0.251 e. The van der Waals surface area contributed by atoms with Crippen LogP contribution in [0.15, 0.2) is 41.6 Å². The maximum Gasteiger partial charge on any atom is 0.251 e. The number of rotatable bonds is 8. The fraction of sp³-hybridized carbons (Fsp3) is 0.294. The zero-order valence-corrected chi connectivity index (χ0v) is 15.1. The van der Waals surface area contributed by atoms with Gasteiger partial charge >= 0.3 is 0 Å². The first-order valence-electron chi connectivity index (χ1n) is 7.45. The summed E-state index contributed by atoms with van der Waals surface area (Å²) in [5.41, 5.74) is 0.761. The second kappa shape index (κ2) is 9.03. The first kappa shape index (κ1) is 18.7. The molecule has 1 aromatic heterocycles. The minimum absolute atomic E-state index is 0.141. The molecule has 1 amide bonds. The summed E-state index contributed by atoms with van der Waals surface area (Å²) >= 11 is 1.18. The number of carbonyl (C=O) groups is 1. The number of aromatic nitrogens is 1. The summed E-state index contributed by atoms with van der Waals surface area (Å²) in [5, 5.41) is 14.8. The number of methoxy groups -OCH3 is 3. The molecule has 1 N–H and O–H groups in total. The van der Waals surface area contributed by atoms with Crippen LogP contribution in [-0.4, -0.2) is 33.0 Å². The van der Waals surface area contributed by atoms with Crippen LogP contribution in [0.2, 0.25) is 0 Å². The molecule has 0 fully saturated rings. The second-order valence-electron chi connectivity index (χ2n) is 4.95. The molecule has 0 unspecified atom stereocenters. The number of hydrogen-bond donors (Lipinski definition) is 1. The van der Waals surface area contributed by atoms with Crippen molar-refractivity contribution in [1.29, 1.82) is 0 Å². The zero-order chi connectivity index (χ0) is 18.2. The lowest BCUT2D eigenvalue weighted by Crippen LogP contribution is -2.30. The molecule has 1 aromatic carbocycles. The van der Waals surface area contributed by atoms with Crippen LogP contribution >= 0.6 is 11.8 Å². The van der Waals surface area contributed by atoms with Gasteiger partial charge in [0.15, 0.2) is 17.7 Å². The summed E-state index contributed by atoms with van der Waals surface area (Å²) in [6, 6.07) is 8.53. The Morgan fingerprint density at radius 2 is 1.80 bits per heavy atom. The lowest BCUT2D eigenvalue weighted by molar-refractivity contribution is -0.645. The quantitative estimate of drug-likeness (QED) is 0.436. The molecule has 0 atom stereocenters. The zero-order valence-electron chi connectivity index (χ0n) is 14.3. The van der Waals surface area contributed by atoms with E-state index in [4.69, 9.17) is 14.2 Å². The van der Waals surface area contributed by atoms with E-state index in [1.54, 1.807) is 51.7 Å². The van der Waals surface area contributed by atoms with Gasteiger partial charge in [0.25, 0.3) is 5.03 Å². The third-order valence-corrected chi connectivity index (χ3v) is 4.42. The van der Waals surface area contributed by atoms with Crippen LogP contribution < -0.4 is 24.3 Å². The Kier molecular flexibility index (Phi) is 6.76. The van der Waals surface area contributed by atoms with Gasteiger partial charge in [-0.1, -0.05) is 0 Å². The summed E-state index contributed by atoms with van der Waals surface area (Å²) in [7, 11) is 4.63. The lowest BCUT2D eigenvalue weighted by atomic mass is 10.1. The van der Waals surface area contributed by atoms with Crippen LogP contribution in [0, 0.1) is 5.21 Å². The van der Waals surface area contributed by atoms with E-state index >= 15 is 0 Å². The number of nitrogens with one attached hydrogen (secondary N) is 1. The highest BCUT2D eigenvalue weighted by Gasteiger charge is 2.13. The fourth-order valence-electron chi connectivity index (χ4n) is 2.14. The van der Waals surface area contributed by atoms with Crippen LogP contribution in [0.4, 0.5) is 0 Å². The van der Waals surface area contributed by atoms with Gasteiger partial charge in [0.1, 0.15) is 5.75 Å². The van der Waals surface area contributed by atoms with Crippen LogP contribution in [0.3, 0.4) is 0 Å². The maximum atomic E-state index is 12.0. The van der Waals surface area contributed by atoms with Crippen molar-refractivity contribution < 1.29 is 23.7 Å². The predicted molar refractivity (Wildman–Crippen MR) is 94.1 cm³/mol. The molecule has 1 heterocycles. The molecule has 7 nitrogen and oxygen atoms in total. The van der Waals surface area contributed by atoms with E-state index in [1.165, 1.54) is 18.0 Å². The highest BCUT2D eigenvalue weighted by Crippen LogP contribution is 2.34. The van der Waals surface area contributed by atoms with Crippen LogP contribution in [0.1, 0.15) is 5.56 Å². The first-order valence-corrected chi connectivity index (χ1v) is 8.44. The molecule has 0 saturated heterocycles. The van der Waals surface area contributed by atoms with Gasteiger partial charge in [0.05, 0.1) is 27.1 Å². The minimum Gasteiger partial charge on any atom is -0.618 e. The van der Waals surface area contributed by atoms with Crippen molar-refractivity contribution >= 4 is 17.7 Å². The number of amides is 1. The summed E-state index contributed by atoms with van der Waals surface area (Å²) < 4.78 is 16.6. The Balaban J connectivity index is 1.98. The van der Waals surface area contributed by atoms with Gasteiger partial charge in [-0.05, 0) is 23.9 Å². The number of carbonyl (C=O) groups excluding carboxylic acids is 1. The van der Waals surface area contributed by atoms with Gasteiger partial charge in [-0.3, -0.25) is 4.79 Å². The average Bonchev–Trinajstić information content (AvgIpc) is 2.64. The minimum atomic E-state index is -0.189. The molecule has 0 aliphatic rings. The van der Waals surface area contributed by atoms with E-state index in [1.807, 2.05) is 0 Å². The van der Waals surface area contributed by atoms with Crippen LogP contribution in [0.25, 0.3) is 0 Å². The Morgan fingerprint density at radius 1 is 1.12 bits per heavy atom. The average molecular weight is 364 g/mol. The number of benzene rings is 1. The van der Waals surface area contributed by atoms with Gasteiger partial charge < -0.3 is 24.7 Å². The molecule has 0 radical (unpaired) electrons. The summed E-state index contributed by atoms with van der Waals surface area (Å²) in [6.45, 7) is 0.273. The number of pyridine rings is 1. The lowest BCUT2D eigenvalue weighted by Gasteiger charge is -2.14. The SMILES string of the molecule is COc1cc(OC)c(OC)cc1CNC(=O)CSc1cccc[n+]1[O-]. The van der Waals surface area contributed by atoms with E-state index < -0.39 is 0 Å². The maximum absolute atomic E-state index is 12.0. The Bertz CT molecular complexity index is 739. The molecular weight excluding hydrogens is 344 g/mol. The van der Waals surface area contributed by atoms with Crippen molar-refractivity contribution in [2.45, 2.75) is 11.6 Å². The van der Waals surface area contributed by atoms with Crippen molar-refractivity contribution in [2.75, 3.05) is 27.1 Å². The molecule has 0 aliphatic carbocycles. The molecule has 0 saturated carbocycles. The molecule has 2 rings (SSSR count). The van der Waals surface area contributed by atoms with Crippen molar-refractivity contribution in [3.05, 3.63) is 47.3 Å². The third kappa shape index (κ3) is 4.93. The molecule has 25 heavy (non-hydrogen) atoms. The molecular formula is C17H20N2O5S. The van der Waals surface area contributed by atoms with Crippen molar-refractivity contribution in [2.24, 2.45) is 0 Å². The highest BCUT2D eigenvalue weighted by molar-refractivity contribution is 7.99. The van der Waals surface area contributed by atoms with Crippen LogP contribution in [0.5, 0.6) is 17.2 Å².